The van der Waals surface area contributed by atoms with Crippen molar-refractivity contribution in [3.63, 3.8) is 0 Å². The molecule has 0 bridgehead atoms. The zero-order chi connectivity index (χ0) is 26.2. The molecule has 0 saturated carbocycles. The number of halogens is 2. The molecule has 0 amide bonds. The number of imidazole rings is 1. The first-order chi connectivity index (χ1) is 18.5. The van der Waals surface area contributed by atoms with Gasteiger partial charge in [-0.3, -0.25) is 9.30 Å². The van der Waals surface area contributed by atoms with Crippen LogP contribution < -0.4 is 4.90 Å². The zero-order valence-corrected chi connectivity index (χ0v) is 22.7. The summed E-state index contributed by atoms with van der Waals surface area (Å²) in [6, 6.07) is 26.7. The molecule has 5 nitrogen and oxygen atoms in total. The molecule has 0 radical (unpaired) electrons. The molecule has 6 rings (SSSR count). The molecule has 0 unspecified atom stereocenters. The van der Waals surface area contributed by atoms with Gasteiger partial charge in [0.1, 0.15) is 11.9 Å². The topological polar surface area (TPSA) is 47.6 Å². The molecule has 1 aliphatic heterocycles. The number of fused-ring (bicyclic) bond motifs is 3. The highest BCUT2D eigenvalue weighted by Gasteiger charge is 2.27. The SMILES string of the molecule is Cc1c(Cc2ccccc2Cl)c(N2CCN(Cc3ccc(Cl)cc3)CC2)n2c(nc3ccccc32)c1C#N. The second-order valence-electron chi connectivity index (χ2n) is 9.83. The summed E-state index contributed by atoms with van der Waals surface area (Å²) in [5, 5.41) is 11.7. The fraction of sp³-hybridized carbons (Fsp3) is 0.226. The number of nitrogens with zero attached hydrogens (tertiary/aromatic N) is 5. The summed E-state index contributed by atoms with van der Waals surface area (Å²) in [5.74, 6) is 1.11. The monoisotopic (exact) mass is 539 g/mol. The minimum absolute atomic E-state index is 0.619. The molecule has 3 heterocycles. The van der Waals surface area contributed by atoms with Crippen LogP contribution in [0.3, 0.4) is 0 Å². The molecule has 190 valence electrons. The normalized spacial score (nSPS) is 14.3. The third-order valence-corrected chi connectivity index (χ3v) is 8.14. The third kappa shape index (κ3) is 4.50. The molecular formula is C31H27Cl2N5. The Morgan fingerprint density at radius 1 is 0.895 bits per heavy atom. The lowest BCUT2D eigenvalue weighted by atomic mass is 9.97. The van der Waals surface area contributed by atoms with Crippen molar-refractivity contribution in [2.75, 3.05) is 31.1 Å². The van der Waals surface area contributed by atoms with Gasteiger partial charge < -0.3 is 4.90 Å². The first-order valence-corrected chi connectivity index (χ1v) is 13.6. The Bertz CT molecular complexity index is 1680. The number of hydrogen-bond donors (Lipinski definition) is 0. The maximum Gasteiger partial charge on any atom is 0.157 e. The van der Waals surface area contributed by atoms with Gasteiger partial charge in [0, 0.05) is 54.8 Å². The number of anilines is 1. The quantitative estimate of drug-likeness (QED) is 0.244. The lowest BCUT2D eigenvalue weighted by Crippen LogP contribution is -2.47. The van der Waals surface area contributed by atoms with Gasteiger partial charge in [0.15, 0.2) is 5.65 Å². The van der Waals surface area contributed by atoms with Crippen LogP contribution in [0.5, 0.6) is 0 Å². The molecule has 2 aromatic heterocycles. The van der Waals surface area contributed by atoms with Gasteiger partial charge in [0.05, 0.1) is 16.6 Å². The largest absolute Gasteiger partial charge is 0.355 e. The molecule has 0 N–H and O–H groups in total. The van der Waals surface area contributed by atoms with Gasteiger partial charge in [0.25, 0.3) is 0 Å². The van der Waals surface area contributed by atoms with Gasteiger partial charge in [0.2, 0.25) is 0 Å². The Balaban J connectivity index is 1.45. The molecule has 1 aliphatic rings. The Hall–Kier alpha value is -3.56. The van der Waals surface area contributed by atoms with Gasteiger partial charge >= 0.3 is 0 Å². The van der Waals surface area contributed by atoms with E-state index >= 15 is 0 Å². The number of para-hydroxylation sites is 2. The highest BCUT2D eigenvalue weighted by Crippen LogP contribution is 2.36. The van der Waals surface area contributed by atoms with E-state index in [1.165, 1.54) is 5.56 Å². The van der Waals surface area contributed by atoms with Crippen molar-refractivity contribution in [3.05, 3.63) is 111 Å². The molecular weight excluding hydrogens is 513 g/mol. The number of pyridine rings is 1. The summed E-state index contributed by atoms with van der Waals surface area (Å²) < 4.78 is 2.20. The van der Waals surface area contributed by atoms with Crippen molar-refractivity contribution in [3.8, 4) is 6.07 Å². The lowest BCUT2D eigenvalue weighted by molar-refractivity contribution is 0.249. The predicted octanol–water partition coefficient (Wildman–Crippen LogP) is 6.89. The summed E-state index contributed by atoms with van der Waals surface area (Å²) in [6.45, 7) is 6.55. The molecule has 5 aromatic rings. The molecule has 0 spiro atoms. The van der Waals surface area contributed by atoms with Crippen LogP contribution in [0.25, 0.3) is 16.7 Å². The Morgan fingerprint density at radius 3 is 2.34 bits per heavy atom. The van der Waals surface area contributed by atoms with Crippen LogP contribution >= 0.6 is 23.2 Å². The van der Waals surface area contributed by atoms with Crippen LogP contribution in [0.15, 0.2) is 72.8 Å². The molecule has 7 heteroatoms. The first-order valence-electron chi connectivity index (χ1n) is 12.8. The van der Waals surface area contributed by atoms with Crippen LogP contribution in [0.1, 0.15) is 27.8 Å². The van der Waals surface area contributed by atoms with Gasteiger partial charge in [-0.2, -0.15) is 5.26 Å². The van der Waals surface area contributed by atoms with E-state index in [4.69, 9.17) is 28.2 Å². The van der Waals surface area contributed by atoms with Crippen LogP contribution in [0, 0.1) is 18.3 Å². The van der Waals surface area contributed by atoms with E-state index in [9.17, 15) is 5.26 Å². The molecule has 1 saturated heterocycles. The van der Waals surface area contributed by atoms with Gasteiger partial charge in [-0.1, -0.05) is 65.7 Å². The highest BCUT2D eigenvalue weighted by molar-refractivity contribution is 6.31. The van der Waals surface area contributed by atoms with E-state index in [2.05, 4.69) is 44.5 Å². The van der Waals surface area contributed by atoms with Crippen LogP contribution in [0.4, 0.5) is 5.82 Å². The number of nitriles is 1. The number of aromatic nitrogens is 2. The standard InChI is InChI=1S/C31H27Cl2N5/c1-21-25(18-23-6-2-3-7-27(23)33)31(38-29-9-5-4-8-28(29)35-30(38)26(21)19-34)37-16-14-36(15-17-37)20-22-10-12-24(32)13-11-22/h2-13H,14-18,20H2,1H3. The minimum Gasteiger partial charge on any atom is -0.355 e. The van der Waals surface area contributed by atoms with Crippen molar-refractivity contribution >= 4 is 45.7 Å². The van der Waals surface area contributed by atoms with E-state index in [0.29, 0.717) is 17.6 Å². The Morgan fingerprint density at radius 2 is 1.61 bits per heavy atom. The zero-order valence-electron chi connectivity index (χ0n) is 21.2. The average Bonchev–Trinajstić information content (AvgIpc) is 3.31. The Labute approximate surface area is 232 Å². The smallest absolute Gasteiger partial charge is 0.157 e. The number of hydrogen-bond acceptors (Lipinski definition) is 4. The van der Waals surface area contributed by atoms with E-state index in [0.717, 1.165) is 76.3 Å². The number of rotatable bonds is 5. The molecule has 0 aliphatic carbocycles. The van der Waals surface area contributed by atoms with Crippen molar-refractivity contribution in [1.82, 2.24) is 14.3 Å². The third-order valence-electron chi connectivity index (χ3n) is 7.52. The van der Waals surface area contributed by atoms with Crippen LogP contribution in [-0.4, -0.2) is 40.5 Å². The number of benzene rings is 3. The summed E-state index contributed by atoms with van der Waals surface area (Å²) in [7, 11) is 0. The van der Waals surface area contributed by atoms with Gasteiger partial charge in [-0.25, -0.2) is 4.98 Å². The molecule has 0 atom stereocenters. The van der Waals surface area contributed by atoms with E-state index in [-0.39, 0.29) is 0 Å². The summed E-state index contributed by atoms with van der Waals surface area (Å²) in [4.78, 5) is 9.85. The summed E-state index contributed by atoms with van der Waals surface area (Å²) in [6.07, 6.45) is 0.642. The second kappa shape index (κ2) is 10.3. The van der Waals surface area contributed by atoms with Crippen molar-refractivity contribution in [1.29, 1.82) is 5.26 Å². The lowest BCUT2D eigenvalue weighted by Gasteiger charge is -2.38. The van der Waals surface area contributed by atoms with E-state index in [1.54, 1.807) is 0 Å². The fourth-order valence-electron chi connectivity index (χ4n) is 5.51. The van der Waals surface area contributed by atoms with Crippen molar-refractivity contribution < 1.29 is 0 Å². The minimum atomic E-state index is 0.619. The maximum atomic E-state index is 10.2. The van der Waals surface area contributed by atoms with Crippen LogP contribution in [-0.2, 0) is 13.0 Å². The summed E-state index contributed by atoms with van der Waals surface area (Å²) in [5.41, 5.74) is 7.64. The average molecular weight is 540 g/mol. The van der Waals surface area contributed by atoms with Crippen molar-refractivity contribution in [2.24, 2.45) is 0 Å². The van der Waals surface area contributed by atoms with E-state index < -0.39 is 0 Å². The molecule has 1 fully saturated rings. The molecule has 3 aromatic carbocycles. The fourth-order valence-corrected chi connectivity index (χ4v) is 5.83. The van der Waals surface area contributed by atoms with E-state index in [1.807, 2.05) is 55.5 Å². The molecule has 38 heavy (non-hydrogen) atoms. The first kappa shape index (κ1) is 24.8. The summed E-state index contributed by atoms with van der Waals surface area (Å²) >= 11 is 12.7. The van der Waals surface area contributed by atoms with Gasteiger partial charge in [-0.15, -0.1) is 0 Å². The van der Waals surface area contributed by atoms with Crippen LogP contribution in [0.2, 0.25) is 10.0 Å². The van der Waals surface area contributed by atoms with Gasteiger partial charge in [-0.05, 0) is 53.9 Å². The second-order valence-corrected chi connectivity index (χ2v) is 10.7. The van der Waals surface area contributed by atoms with Crippen molar-refractivity contribution in [2.45, 2.75) is 19.9 Å². The highest BCUT2D eigenvalue weighted by atomic mass is 35.5. The Kier molecular flexibility index (Phi) is 6.71. The maximum absolute atomic E-state index is 10.2. The predicted molar refractivity (Wildman–Crippen MR) is 155 cm³/mol. The number of piperazine rings is 1.